The average molecular weight is 430 g/mol. The fraction of sp³-hybridized carbons (Fsp3) is 0.250. The summed E-state index contributed by atoms with van der Waals surface area (Å²) < 4.78 is 40.4. The first-order valence-electron chi connectivity index (χ1n) is 9.33. The van der Waals surface area contributed by atoms with Crippen molar-refractivity contribution in [2.75, 3.05) is 16.8 Å². The molecule has 0 spiro atoms. The molecule has 11 heteroatoms. The van der Waals surface area contributed by atoms with Gasteiger partial charge in [-0.3, -0.25) is 9.59 Å². The van der Waals surface area contributed by atoms with Crippen LogP contribution in [0.5, 0.6) is 0 Å². The number of nitrogens with one attached hydrogen (secondary N) is 1. The summed E-state index contributed by atoms with van der Waals surface area (Å²) in [6.07, 6.45) is -4.60. The molecule has 8 nitrogen and oxygen atoms in total. The van der Waals surface area contributed by atoms with Gasteiger partial charge in [-0.1, -0.05) is 18.2 Å². The molecule has 1 N–H and O–H groups in total. The summed E-state index contributed by atoms with van der Waals surface area (Å²) in [5.41, 5.74) is 0.460. The smallest absolute Gasteiger partial charge is 0.326 e. The fourth-order valence-corrected chi connectivity index (χ4v) is 3.44. The van der Waals surface area contributed by atoms with Gasteiger partial charge < -0.3 is 10.2 Å². The van der Waals surface area contributed by atoms with E-state index in [9.17, 15) is 22.8 Å². The number of hydrogen-bond acceptors (Lipinski definition) is 5. The highest BCUT2D eigenvalue weighted by Crippen LogP contribution is 2.33. The number of aromatic nitrogens is 4. The van der Waals surface area contributed by atoms with E-state index in [1.54, 1.807) is 31.3 Å². The highest BCUT2D eigenvalue weighted by atomic mass is 19.4. The number of hydrogen-bond donors (Lipinski definition) is 1. The molecule has 1 atom stereocenters. The number of nitrogens with zero attached hydrogens (tertiary/aromatic N) is 5. The van der Waals surface area contributed by atoms with Gasteiger partial charge in [0, 0.05) is 37.0 Å². The van der Waals surface area contributed by atoms with E-state index in [0.717, 1.165) is 12.1 Å². The van der Waals surface area contributed by atoms with Crippen LogP contribution in [0, 0.1) is 5.92 Å². The minimum absolute atomic E-state index is 0.00112. The maximum atomic E-state index is 13.0. The molecular formula is C20H17F3N6O2. The van der Waals surface area contributed by atoms with E-state index in [0.29, 0.717) is 17.1 Å². The highest BCUT2D eigenvalue weighted by molar-refractivity contribution is 6.03. The lowest BCUT2D eigenvalue weighted by molar-refractivity contribution is -0.137. The monoisotopic (exact) mass is 430 g/mol. The second-order valence-corrected chi connectivity index (χ2v) is 7.15. The molecule has 0 radical (unpaired) electrons. The molecule has 2 heterocycles. The van der Waals surface area contributed by atoms with Crippen LogP contribution in [0.15, 0.2) is 48.5 Å². The first-order chi connectivity index (χ1) is 14.7. The van der Waals surface area contributed by atoms with Crippen LogP contribution < -0.4 is 10.2 Å². The van der Waals surface area contributed by atoms with E-state index < -0.39 is 29.5 Å². The molecule has 1 aliphatic rings. The number of amides is 2. The van der Waals surface area contributed by atoms with Crippen LogP contribution in [0.25, 0.3) is 11.4 Å². The lowest BCUT2D eigenvalue weighted by atomic mass is 10.1. The predicted molar refractivity (Wildman–Crippen MR) is 105 cm³/mol. The molecule has 1 aromatic heterocycles. The van der Waals surface area contributed by atoms with E-state index >= 15 is 0 Å². The van der Waals surface area contributed by atoms with Crippen LogP contribution in [-0.2, 0) is 22.8 Å². The molecule has 4 rings (SSSR count). The van der Waals surface area contributed by atoms with Gasteiger partial charge in [0.25, 0.3) is 0 Å². The van der Waals surface area contributed by atoms with E-state index in [1.165, 1.54) is 21.7 Å². The summed E-state index contributed by atoms with van der Waals surface area (Å²) in [6, 6.07) is 11.4. The fourth-order valence-electron chi connectivity index (χ4n) is 3.44. The van der Waals surface area contributed by atoms with E-state index in [1.807, 2.05) is 0 Å². The van der Waals surface area contributed by atoms with Crippen molar-refractivity contribution in [2.24, 2.45) is 13.0 Å². The van der Waals surface area contributed by atoms with Crippen molar-refractivity contribution < 1.29 is 22.8 Å². The number of rotatable bonds is 4. The second kappa shape index (κ2) is 7.82. The predicted octanol–water partition coefficient (Wildman–Crippen LogP) is 2.89. The largest absolute Gasteiger partial charge is 0.416 e. The Hall–Kier alpha value is -3.76. The molecule has 1 unspecified atom stereocenters. The lowest BCUT2D eigenvalue weighted by Crippen LogP contribution is -2.28. The number of aryl methyl sites for hydroxylation is 1. The molecule has 3 aromatic rings. The summed E-state index contributed by atoms with van der Waals surface area (Å²) in [4.78, 5) is 26.3. The van der Waals surface area contributed by atoms with Crippen molar-refractivity contribution in [3.05, 3.63) is 54.1 Å². The zero-order chi connectivity index (χ0) is 22.2. The normalized spacial score (nSPS) is 16.6. The minimum atomic E-state index is -4.52. The zero-order valence-corrected chi connectivity index (χ0v) is 16.3. The Bertz CT molecular complexity index is 1140. The molecule has 1 aliphatic heterocycles. The molecule has 0 bridgehead atoms. The van der Waals surface area contributed by atoms with Crippen molar-refractivity contribution in [1.29, 1.82) is 0 Å². The zero-order valence-electron chi connectivity index (χ0n) is 16.3. The summed E-state index contributed by atoms with van der Waals surface area (Å²) in [5.74, 6) is -0.973. The van der Waals surface area contributed by atoms with Gasteiger partial charge in [0.15, 0.2) is 5.82 Å². The topological polar surface area (TPSA) is 93.0 Å². The Morgan fingerprint density at radius 2 is 1.94 bits per heavy atom. The van der Waals surface area contributed by atoms with Crippen LogP contribution in [0.4, 0.5) is 24.5 Å². The summed E-state index contributed by atoms with van der Waals surface area (Å²) >= 11 is 0. The first-order valence-corrected chi connectivity index (χ1v) is 9.33. The minimum Gasteiger partial charge on any atom is -0.326 e. The first kappa shape index (κ1) is 20.5. The Kier molecular flexibility index (Phi) is 5.17. The Balaban J connectivity index is 1.48. The van der Waals surface area contributed by atoms with Gasteiger partial charge >= 0.3 is 6.18 Å². The third kappa shape index (κ3) is 4.25. The van der Waals surface area contributed by atoms with Crippen molar-refractivity contribution in [3.8, 4) is 11.4 Å². The average Bonchev–Trinajstić information content (AvgIpc) is 3.33. The molecule has 1 saturated heterocycles. The molecule has 1 fully saturated rings. The molecular weight excluding hydrogens is 413 g/mol. The van der Waals surface area contributed by atoms with Crippen molar-refractivity contribution in [3.63, 3.8) is 0 Å². The third-order valence-electron chi connectivity index (χ3n) is 4.99. The Labute approximate surface area is 174 Å². The van der Waals surface area contributed by atoms with Gasteiger partial charge in [-0.2, -0.15) is 13.2 Å². The van der Waals surface area contributed by atoms with Crippen molar-refractivity contribution in [2.45, 2.75) is 12.6 Å². The van der Waals surface area contributed by atoms with Crippen LogP contribution in [0.1, 0.15) is 12.0 Å². The molecule has 0 saturated carbocycles. The number of halogens is 3. The van der Waals surface area contributed by atoms with Crippen LogP contribution in [-0.4, -0.2) is 38.6 Å². The SMILES string of the molecule is Cn1nnnc1-c1cccc(NC(=O)C2CC(=O)N(c3cccc(C(F)(F)F)c3)C2)c1. The van der Waals surface area contributed by atoms with Crippen LogP contribution in [0.2, 0.25) is 0 Å². The van der Waals surface area contributed by atoms with E-state index in [-0.39, 0.29) is 18.7 Å². The highest BCUT2D eigenvalue weighted by Gasteiger charge is 2.37. The number of anilines is 2. The van der Waals surface area contributed by atoms with E-state index in [2.05, 4.69) is 20.8 Å². The summed E-state index contributed by atoms with van der Waals surface area (Å²) in [5, 5.41) is 14.0. The van der Waals surface area contributed by atoms with Gasteiger partial charge in [0.05, 0.1) is 11.5 Å². The van der Waals surface area contributed by atoms with Crippen molar-refractivity contribution >= 4 is 23.2 Å². The molecule has 2 aromatic carbocycles. The summed E-state index contributed by atoms with van der Waals surface area (Å²) in [7, 11) is 1.69. The third-order valence-corrected chi connectivity index (χ3v) is 4.99. The van der Waals surface area contributed by atoms with Gasteiger partial charge in [-0.15, -0.1) is 5.10 Å². The number of benzene rings is 2. The number of alkyl halides is 3. The summed E-state index contributed by atoms with van der Waals surface area (Å²) in [6.45, 7) is -0.00112. The number of carbonyl (C=O) groups is 2. The van der Waals surface area contributed by atoms with Gasteiger partial charge in [0.1, 0.15) is 0 Å². The van der Waals surface area contributed by atoms with Crippen molar-refractivity contribution in [1.82, 2.24) is 20.2 Å². The molecule has 160 valence electrons. The number of tetrazole rings is 1. The van der Waals surface area contributed by atoms with Crippen LogP contribution >= 0.6 is 0 Å². The van der Waals surface area contributed by atoms with E-state index in [4.69, 9.17) is 0 Å². The molecule has 2 amide bonds. The Morgan fingerprint density at radius 1 is 1.16 bits per heavy atom. The second-order valence-electron chi connectivity index (χ2n) is 7.15. The molecule has 31 heavy (non-hydrogen) atoms. The maximum absolute atomic E-state index is 13.0. The standard InChI is InChI=1S/C20H17F3N6O2/c1-28-18(25-26-27-28)12-4-2-6-15(8-12)24-19(31)13-9-17(30)29(11-13)16-7-3-5-14(10-16)20(21,22)23/h2-8,10,13H,9,11H2,1H3,(H,24,31). The van der Waals surface area contributed by atoms with Crippen LogP contribution in [0.3, 0.4) is 0 Å². The lowest BCUT2D eigenvalue weighted by Gasteiger charge is -2.18. The van der Waals surface area contributed by atoms with Gasteiger partial charge in [-0.25, -0.2) is 4.68 Å². The van der Waals surface area contributed by atoms with Gasteiger partial charge in [-0.05, 0) is 40.8 Å². The van der Waals surface area contributed by atoms with Gasteiger partial charge in [0.2, 0.25) is 11.8 Å². The Morgan fingerprint density at radius 3 is 2.65 bits per heavy atom. The maximum Gasteiger partial charge on any atom is 0.416 e. The molecule has 0 aliphatic carbocycles. The number of carbonyl (C=O) groups excluding carboxylic acids is 2. The quantitative estimate of drug-likeness (QED) is 0.687.